The number of nitrogens with zero attached hydrogens (tertiary/aromatic N) is 4. The molecule has 1 fully saturated rings. The fraction of sp³-hybridized carbons (Fsp3) is 0.727. The summed E-state index contributed by atoms with van der Waals surface area (Å²) in [6.45, 7) is 6.88. The highest BCUT2D eigenvalue weighted by molar-refractivity contribution is 5.23. The molecule has 2 heterocycles. The van der Waals surface area contributed by atoms with E-state index < -0.39 is 0 Å². The van der Waals surface area contributed by atoms with Crippen LogP contribution in [0.15, 0.2) is 12.3 Å². The van der Waals surface area contributed by atoms with E-state index in [1.165, 1.54) is 26.2 Å². The van der Waals surface area contributed by atoms with Gasteiger partial charge in [-0.05, 0) is 26.1 Å². The standard InChI is InChI=1S/C11H21N5/c1-14-7-9-15(10-8-14)4-2-5-16-6-3-11(12)13-16/h3,6H,2,4-5,7-10H2,1H3,(H2,12,13). The van der Waals surface area contributed by atoms with Gasteiger partial charge in [-0.25, -0.2) is 0 Å². The number of piperazine rings is 1. The molecule has 16 heavy (non-hydrogen) atoms. The van der Waals surface area contributed by atoms with Crippen molar-refractivity contribution in [3.63, 3.8) is 0 Å². The molecule has 5 nitrogen and oxygen atoms in total. The predicted molar refractivity (Wildman–Crippen MR) is 65.2 cm³/mol. The van der Waals surface area contributed by atoms with Gasteiger partial charge in [-0.3, -0.25) is 4.68 Å². The largest absolute Gasteiger partial charge is 0.382 e. The molecule has 0 amide bonds. The highest BCUT2D eigenvalue weighted by Gasteiger charge is 2.12. The lowest BCUT2D eigenvalue weighted by Crippen LogP contribution is -2.44. The van der Waals surface area contributed by atoms with Gasteiger partial charge in [-0.2, -0.15) is 5.10 Å². The summed E-state index contributed by atoms with van der Waals surface area (Å²) >= 11 is 0. The van der Waals surface area contributed by atoms with Gasteiger partial charge < -0.3 is 15.5 Å². The Morgan fingerprint density at radius 2 is 2.00 bits per heavy atom. The summed E-state index contributed by atoms with van der Waals surface area (Å²) in [5, 5.41) is 4.17. The first-order valence-electron chi connectivity index (χ1n) is 5.94. The minimum absolute atomic E-state index is 0.611. The number of nitrogen functional groups attached to an aromatic ring is 1. The van der Waals surface area contributed by atoms with Crippen molar-refractivity contribution in [3.05, 3.63) is 12.3 Å². The van der Waals surface area contributed by atoms with Gasteiger partial charge in [0, 0.05) is 38.9 Å². The van der Waals surface area contributed by atoms with Crippen molar-refractivity contribution in [2.75, 3.05) is 45.5 Å². The normalized spacial score (nSPS) is 19.1. The van der Waals surface area contributed by atoms with E-state index in [-0.39, 0.29) is 0 Å². The maximum absolute atomic E-state index is 5.56. The minimum atomic E-state index is 0.611. The van der Waals surface area contributed by atoms with E-state index in [9.17, 15) is 0 Å². The van der Waals surface area contributed by atoms with Crippen LogP contribution < -0.4 is 5.73 Å². The summed E-state index contributed by atoms with van der Waals surface area (Å²) in [6.07, 6.45) is 3.09. The Balaban J connectivity index is 1.64. The molecule has 90 valence electrons. The third-order valence-corrected chi connectivity index (χ3v) is 3.12. The minimum Gasteiger partial charge on any atom is -0.382 e. The van der Waals surface area contributed by atoms with E-state index >= 15 is 0 Å². The first-order chi connectivity index (χ1) is 7.74. The molecule has 0 aromatic carbocycles. The summed E-state index contributed by atoms with van der Waals surface area (Å²) in [5.41, 5.74) is 5.56. The van der Waals surface area contributed by atoms with Crippen molar-refractivity contribution in [1.82, 2.24) is 19.6 Å². The van der Waals surface area contributed by atoms with Crippen molar-refractivity contribution >= 4 is 5.82 Å². The van der Waals surface area contributed by atoms with E-state index in [2.05, 4.69) is 21.9 Å². The van der Waals surface area contributed by atoms with Crippen LogP contribution in [0.5, 0.6) is 0 Å². The molecular formula is C11H21N5. The maximum atomic E-state index is 5.56. The number of nitrogens with two attached hydrogens (primary N) is 1. The molecule has 0 unspecified atom stereocenters. The zero-order chi connectivity index (χ0) is 11.4. The fourth-order valence-electron chi connectivity index (χ4n) is 2.03. The third-order valence-electron chi connectivity index (χ3n) is 3.12. The average Bonchev–Trinajstić information content (AvgIpc) is 2.67. The van der Waals surface area contributed by atoms with Crippen molar-refractivity contribution in [3.8, 4) is 0 Å². The summed E-state index contributed by atoms with van der Waals surface area (Å²) in [6, 6.07) is 1.84. The molecule has 0 aliphatic carbocycles. The Kier molecular flexibility index (Phi) is 3.79. The predicted octanol–water partition coefficient (Wildman–Crippen LogP) is 0.103. The number of anilines is 1. The number of likely N-dealkylation sites (N-methyl/N-ethyl adjacent to an activating group) is 1. The molecule has 2 rings (SSSR count). The van der Waals surface area contributed by atoms with Crippen LogP contribution in [0.4, 0.5) is 5.82 Å². The molecule has 1 aliphatic heterocycles. The van der Waals surface area contributed by atoms with Crippen LogP contribution >= 0.6 is 0 Å². The monoisotopic (exact) mass is 223 g/mol. The fourth-order valence-corrected chi connectivity index (χ4v) is 2.03. The van der Waals surface area contributed by atoms with Crippen LogP contribution in [0, 0.1) is 0 Å². The van der Waals surface area contributed by atoms with Crippen molar-refractivity contribution in [2.45, 2.75) is 13.0 Å². The third kappa shape index (κ3) is 3.21. The first kappa shape index (κ1) is 11.4. The zero-order valence-electron chi connectivity index (χ0n) is 9.97. The molecule has 1 saturated heterocycles. The van der Waals surface area contributed by atoms with E-state index in [1.807, 2.05) is 16.9 Å². The molecule has 0 radical (unpaired) electrons. The second-order valence-corrected chi connectivity index (χ2v) is 4.50. The van der Waals surface area contributed by atoms with Gasteiger partial charge in [-0.1, -0.05) is 0 Å². The smallest absolute Gasteiger partial charge is 0.145 e. The molecule has 1 aromatic heterocycles. The number of rotatable bonds is 4. The Morgan fingerprint density at radius 3 is 2.62 bits per heavy atom. The lowest BCUT2D eigenvalue weighted by atomic mass is 10.3. The Hall–Kier alpha value is -1.07. The highest BCUT2D eigenvalue weighted by Crippen LogP contribution is 2.02. The van der Waals surface area contributed by atoms with Crippen LogP contribution in [-0.4, -0.2) is 59.4 Å². The number of hydrogen-bond donors (Lipinski definition) is 1. The van der Waals surface area contributed by atoms with Crippen LogP contribution in [0.25, 0.3) is 0 Å². The summed E-state index contributed by atoms with van der Waals surface area (Å²) < 4.78 is 1.92. The summed E-state index contributed by atoms with van der Waals surface area (Å²) in [5.74, 6) is 0.611. The van der Waals surface area contributed by atoms with Crippen LogP contribution in [-0.2, 0) is 6.54 Å². The average molecular weight is 223 g/mol. The maximum Gasteiger partial charge on any atom is 0.145 e. The highest BCUT2D eigenvalue weighted by atomic mass is 15.3. The van der Waals surface area contributed by atoms with Crippen LogP contribution in [0.2, 0.25) is 0 Å². The summed E-state index contributed by atoms with van der Waals surface area (Å²) in [7, 11) is 2.18. The molecule has 1 aromatic rings. The van der Waals surface area contributed by atoms with E-state index in [4.69, 9.17) is 5.73 Å². The van der Waals surface area contributed by atoms with Crippen molar-refractivity contribution < 1.29 is 0 Å². The van der Waals surface area contributed by atoms with Gasteiger partial charge in [-0.15, -0.1) is 0 Å². The first-order valence-corrected chi connectivity index (χ1v) is 5.94. The van der Waals surface area contributed by atoms with E-state index in [1.54, 1.807) is 0 Å². The molecule has 0 saturated carbocycles. The van der Waals surface area contributed by atoms with Gasteiger partial charge in [0.25, 0.3) is 0 Å². The lowest BCUT2D eigenvalue weighted by Gasteiger charge is -2.32. The second-order valence-electron chi connectivity index (χ2n) is 4.50. The quantitative estimate of drug-likeness (QED) is 0.787. The van der Waals surface area contributed by atoms with Gasteiger partial charge >= 0.3 is 0 Å². The SMILES string of the molecule is CN1CCN(CCCn2ccc(N)n2)CC1. The Morgan fingerprint density at radius 1 is 1.25 bits per heavy atom. The molecule has 5 heteroatoms. The molecule has 0 bridgehead atoms. The lowest BCUT2D eigenvalue weighted by molar-refractivity contribution is 0.151. The van der Waals surface area contributed by atoms with Gasteiger partial charge in [0.05, 0.1) is 0 Å². The van der Waals surface area contributed by atoms with Crippen LogP contribution in [0.1, 0.15) is 6.42 Å². The molecular weight excluding hydrogens is 202 g/mol. The number of aryl methyl sites for hydroxylation is 1. The van der Waals surface area contributed by atoms with E-state index in [0.29, 0.717) is 5.82 Å². The molecule has 2 N–H and O–H groups in total. The molecule has 1 aliphatic rings. The number of hydrogen-bond acceptors (Lipinski definition) is 4. The Bertz CT molecular complexity index is 314. The second kappa shape index (κ2) is 5.32. The topological polar surface area (TPSA) is 50.3 Å². The van der Waals surface area contributed by atoms with Gasteiger partial charge in [0.2, 0.25) is 0 Å². The summed E-state index contributed by atoms with van der Waals surface area (Å²) in [4.78, 5) is 4.90. The van der Waals surface area contributed by atoms with Gasteiger partial charge in [0.15, 0.2) is 0 Å². The van der Waals surface area contributed by atoms with Crippen molar-refractivity contribution in [1.29, 1.82) is 0 Å². The molecule has 0 spiro atoms. The van der Waals surface area contributed by atoms with Gasteiger partial charge in [0.1, 0.15) is 5.82 Å². The Labute approximate surface area is 96.8 Å². The zero-order valence-corrected chi connectivity index (χ0v) is 9.97. The molecule has 0 atom stereocenters. The number of aromatic nitrogens is 2. The van der Waals surface area contributed by atoms with E-state index in [0.717, 1.165) is 19.5 Å². The van der Waals surface area contributed by atoms with Crippen molar-refractivity contribution in [2.24, 2.45) is 0 Å². The van der Waals surface area contributed by atoms with Crippen LogP contribution in [0.3, 0.4) is 0 Å².